The second-order valence-corrected chi connectivity index (χ2v) is 13.5. The van der Waals surface area contributed by atoms with Gasteiger partial charge in [-0.05, 0) is 58.2 Å². The third-order valence-corrected chi connectivity index (χ3v) is 9.25. The molecule has 2 aromatic heterocycles. The number of halogens is 3. The number of nitrogens with zero attached hydrogens (tertiary/aromatic N) is 7. The normalized spacial score (nSPS) is 18.8. The number of hydrogen-bond acceptors (Lipinski definition) is 9. The molecule has 0 saturated carbocycles. The molecule has 1 amide bonds. The zero-order valence-corrected chi connectivity index (χ0v) is 28.2. The number of likely N-dealkylation sites (N-methyl/N-ethyl adjacent to an activating group) is 1. The van der Waals surface area contributed by atoms with E-state index in [1.54, 1.807) is 49.9 Å². The van der Waals surface area contributed by atoms with Gasteiger partial charge in [0.1, 0.15) is 35.1 Å². The lowest BCUT2D eigenvalue weighted by atomic mass is 10.0. The van der Waals surface area contributed by atoms with Gasteiger partial charge in [-0.2, -0.15) is 15.2 Å². The molecule has 0 aliphatic carbocycles. The molecular formula is C35H38ClF2N7O3. The lowest BCUT2D eigenvalue weighted by Gasteiger charge is -2.41. The maximum atomic E-state index is 16.7. The molecule has 0 spiro atoms. The van der Waals surface area contributed by atoms with Gasteiger partial charge in [0.05, 0.1) is 28.9 Å². The van der Waals surface area contributed by atoms with Crippen molar-refractivity contribution in [1.29, 1.82) is 5.26 Å². The summed E-state index contributed by atoms with van der Waals surface area (Å²) in [4.78, 5) is 32.7. The maximum absolute atomic E-state index is 16.7. The Bertz CT molecular complexity index is 1900. The Morgan fingerprint density at radius 3 is 2.69 bits per heavy atom. The Morgan fingerprint density at radius 2 is 1.94 bits per heavy atom. The van der Waals surface area contributed by atoms with Crippen molar-refractivity contribution in [3.8, 4) is 23.3 Å². The van der Waals surface area contributed by atoms with Crippen LogP contribution in [0.1, 0.15) is 47.0 Å². The molecular weight excluding hydrogens is 640 g/mol. The molecule has 2 atom stereocenters. The topological polar surface area (TPSA) is 108 Å². The second-order valence-electron chi connectivity index (χ2n) is 13.1. The van der Waals surface area contributed by atoms with E-state index in [1.165, 1.54) is 12.3 Å². The Morgan fingerprint density at radius 1 is 1.12 bits per heavy atom. The van der Waals surface area contributed by atoms with Crippen LogP contribution >= 0.6 is 11.6 Å². The lowest BCUT2D eigenvalue weighted by molar-refractivity contribution is 0.0145. The number of hydrogen-bond donors (Lipinski definition) is 0. The van der Waals surface area contributed by atoms with Crippen molar-refractivity contribution in [2.24, 2.45) is 0 Å². The van der Waals surface area contributed by atoms with Crippen LogP contribution in [0.3, 0.4) is 0 Å². The summed E-state index contributed by atoms with van der Waals surface area (Å²) in [5.74, 6) is -0.977. The Labute approximate surface area is 283 Å². The van der Waals surface area contributed by atoms with E-state index >= 15 is 4.39 Å². The third-order valence-electron chi connectivity index (χ3n) is 8.88. The number of aromatic nitrogens is 3. The number of pyridine rings is 1. The molecule has 0 radical (unpaired) electrons. The fraction of sp³-hybridized carbons (Fsp3) is 0.457. The van der Waals surface area contributed by atoms with Crippen LogP contribution in [0, 0.1) is 23.0 Å². The lowest BCUT2D eigenvalue weighted by Crippen LogP contribution is -2.56. The molecule has 0 N–H and O–H groups in total. The molecule has 6 rings (SSSR count). The van der Waals surface area contributed by atoms with Crippen molar-refractivity contribution >= 4 is 45.2 Å². The standard InChI is InChI=1S/C35H38ClF2N7O3/c1-5-43-15-7-9-23(43)20-47-33-41-31-25(18-40-30(29(31)38)24-10-6-8-21-11-12-26(37)28(36)27(21)24)32(42-33)44-16-17-45(22(19-44)13-14-39)34(46)48-35(2,3)4/h6,8,10-12,18,22-23H,5,7,9,13,15-17,19-20H2,1-4H3/t22-,23-/m0/s1. The number of anilines is 1. The van der Waals surface area contributed by atoms with E-state index in [4.69, 9.17) is 26.1 Å². The van der Waals surface area contributed by atoms with Crippen LogP contribution < -0.4 is 9.64 Å². The van der Waals surface area contributed by atoms with Crippen LogP contribution in [0.15, 0.2) is 36.5 Å². The number of likely N-dealkylation sites (tertiary alicyclic amines) is 1. The number of rotatable bonds is 7. The number of benzene rings is 2. The minimum atomic E-state index is -0.731. The van der Waals surface area contributed by atoms with E-state index < -0.39 is 29.4 Å². The summed E-state index contributed by atoms with van der Waals surface area (Å²) >= 11 is 6.40. The minimum Gasteiger partial charge on any atom is -0.462 e. The molecule has 2 saturated heterocycles. The number of carbonyl (C=O) groups excluding carboxylic acids is 1. The number of fused-ring (bicyclic) bond motifs is 2. The first-order chi connectivity index (χ1) is 23.0. The number of carbonyl (C=O) groups is 1. The maximum Gasteiger partial charge on any atom is 0.410 e. The highest BCUT2D eigenvalue weighted by atomic mass is 35.5. The first-order valence-electron chi connectivity index (χ1n) is 16.2. The Kier molecular flexibility index (Phi) is 9.54. The summed E-state index contributed by atoms with van der Waals surface area (Å²) in [6, 6.07) is 9.86. The zero-order valence-electron chi connectivity index (χ0n) is 27.5. The monoisotopic (exact) mass is 677 g/mol. The average molecular weight is 678 g/mol. The van der Waals surface area contributed by atoms with Gasteiger partial charge in [0.15, 0.2) is 5.82 Å². The van der Waals surface area contributed by atoms with Crippen molar-refractivity contribution < 1.29 is 23.0 Å². The summed E-state index contributed by atoms with van der Waals surface area (Å²) in [5, 5.41) is 10.8. The van der Waals surface area contributed by atoms with E-state index in [0.717, 1.165) is 25.9 Å². The van der Waals surface area contributed by atoms with E-state index in [-0.39, 0.29) is 47.8 Å². The molecule has 0 bridgehead atoms. The number of nitriles is 1. The van der Waals surface area contributed by atoms with Gasteiger partial charge in [-0.1, -0.05) is 42.8 Å². The van der Waals surface area contributed by atoms with Crippen molar-refractivity contribution in [1.82, 2.24) is 24.8 Å². The van der Waals surface area contributed by atoms with Gasteiger partial charge in [0.25, 0.3) is 0 Å². The number of piperazine rings is 1. The molecule has 48 heavy (non-hydrogen) atoms. The molecule has 252 valence electrons. The van der Waals surface area contributed by atoms with Gasteiger partial charge in [-0.3, -0.25) is 9.88 Å². The van der Waals surface area contributed by atoms with Crippen molar-refractivity contribution in [2.45, 2.75) is 64.6 Å². The van der Waals surface area contributed by atoms with Gasteiger partial charge in [0.2, 0.25) is 0 Å². The first-order valence-corrected chi connectivity index (χ1v) is 16.6. The molecule has 2 fully saturated rings. The summed E-state index contributed by atoms with van der Waals surface area (Å²) in [6.45, 7) is 10.5. The van der Waals surface area contributed by atoms with Gasteiger partial charge in [0, 0.05) is 42.8 Å². The van der Waals surface area contributed by atoms with Crippen LogP contribution in [-0.4, -0.2) is 87.9 Å². The van der Waals surface area contributed by atoms with Crippen LogP contribution in [-0.2, 0) is 4.74 Å². The minimum absolute atomic E-state index is 0.00454. The van der Waals surface area contributed by atoms with E-state index in [9.17, 15) is 14.4 Å². The summed E-state index contributed by atoms with van der Waals surface area (Å²) < 4.78 is 43.1. The van der Waals surface area contributed by atoms with Crippen LogP contribution in [0.2, 0.25) is 5.02 Å². The largest absolute Gasteiger partial charge is 0.462 e. The molecule has 10 nitrogen and oxygen atoms in total. The number of amides is 1. The zero-order chi connectivity index (χ0) is 34.2. The molecule has 13 heteroatoms. The van der Waals surface area contributed by atoms with Gasteiger partial charge in [-0.25, -0.2) is 13.6 Å². The van der Waals surface area contributed by atoms with Crippen molar-refractivity contribution in [2.75, 3.05) is 44.2 Å². The predicted octanol–water partition coefficient (Wildman–Crippen LogP) is 6.98. The van der Waals surface area contributed by atoms with Crippen molar-refractivity contribution in [3.05, 3.63) is 53.2 Å². The summed E-state index contributed by atoms with van der Waals surface area (Å²) in [7, 11) is 0. The third kappa shape index (κ3) is 6.66. The second kappa shape index (κ2) is 13.6. The predicted molar refractivity (Wildman–Crippen MR) is 180 cm³/mol. The van der Waals surface area contributed by atoms with Crippen LogP contribution in [0.25, 0.3) is 32.9 Å². The average Bonchev–Trinajstić information content (AvgIpc) is 3.52. The quantitative estimate of drug-likeness (QED) is 0.205. The first kappa shape index (κ1) is 33.6. The highest BCUT2D eigenvalue weighted by Gasteiger charge is 2.35. The molecule has 4 aromatic rings. The smallest absolute Gasteiger partial charge is 0.410 e. The fourth-order valence-electron chi connectivity index (χ4n) is 6.58. The van der Waals surface area contributed by atoms with Crippen LogP contribution in [0.4, 0.5) is 19.4 Å². The fourth-order valence-corrected chi connectivity index (χ4v) is 6.86. The summed E-state index contributed by atoms with van der Waals surface area (Å²) in [6.07, 6.45) is 3.09. The van der Waals surface area contributed by atoms with E-state index in [2.05, 4.69) is 27.9 Å². The van der Waals surface area contributed by atoms with E-state index in [1.807, 2.05) is 4.90 Å². The summed E-state index contributed by atoms with van der Waals surface area (Å²) in [5.41, 5.74) is -0.437. The van der Waals surface area contributed by atoms with Gasteiger partial charge >= 0.3 is 12.1 Å². The van der Waals surface area contributed by atoms with Crippen molar-refractivity contribution in [3.63, 3.8) is 0 Å². The number of ether oxygens (including phenoxy) is 2. The SMILES string of the molecule is CCN1CCC[C@H]1COc1nc(N2CCN(C(=O)OC(C)(C)C)[C@@H](CC#N)C2)c2cnc(-c3cccc4ccc(F)c(Cl)c34)c(F)c2n1. The Hall–Kier alpha value is -4.34. The van der Waals surface area contributed by atoms with Gasteiger partial charge in [-0.15, -0.1) is 0 Å². The Balaban J connectivity index is 1.43. The molecule has 2 aromatic carbocycles. The molecule has 0 unspecified atom stereocenters. The highest BCUT2D eigenvalue weighted by Crippen LogP contribution is 2.38. The molecule has 2 aliphatic heterocycles. The molecule has 2 aliphatic rings. The van der Waals surface area contributed by atoms with E-state index in [0.29, 0.717) is 40.7 Å². The highest BCUT2D eigenvalue weighted by molar-refractivity contribution is 6.36. The van der Waals surface area contributed by atoms with Gasteiger partial charge < -0.3 is 19.3 Å². The molecule has 4 heterocycles. The van der Waals surface area contributed by atoms with Crippen LogP contribution in [0.5, 0.6) is 6.01 Å².